The van der Waals surface area contributed by atoms with Crippen LogP contribution < -0.4 is 10.0 Å². The van der Waals surface area contributed by atoms with Crippen LogP contribution >= 0.6 is 11.9 Å². The van der Waals surface area contributed by atoms with Crippen molar-refractivity contribution in [2.75, 3.05) is 25.5 Å². The molecule has 1 amide bonds. The lowest BCUT2D eigenvalue weighted by Crippen LogP contribution is -2.32. The van der Waals surface area contributed by atoms with Crippen molar-refractivity contribution < 1.29 is 4.79 Å². The molecule has 0 aromatic heterocycles. The van der Waals surface area contributed by atoms with Crippen molar-refractivity contribution >= 4 is 29.4 Å². The molecule has 1 atom stereocenters. The van der Waals surface area contributed by atoms with Crippen LogP contribution in [0.5, 0.6) is 0 Å². The molecule has 0 radical (unpaired) electrons. The molecule has 1 aromatic carbocycles. The van der Waals surface area contributed by atoms with Crippen molar-refractivity contribution in [1.29, 1.82) is 0 Å². The predicted octanol–water partition coefficient (Wildman–Crippen LogP) is 10.3. The highest BCUT2D eigenvalue weighted by atomic mass is 32.2. The Morgan fingerprint density at radius 2 is 1.87 bits per heavy atom. The maximum Gasteiger partial charge on any atom is 0.227 e. The first-order chi connectivity index (χ1) is 22.2. The number of amides is 1. The van der Waals surface area contributed by atoms with Gasteiger partial charge in [-0.3, -0.25) is 9.93 Å². The molecule has 6 heteroatoms. The molecule has 0 spiro atoms. The fourth-order valence-corrected chi connectivity index (χ4v) is 5.40. The maximum atomic E-state index is 13.4. The number of allylic oxidation sites excluding steroid dienone is 11. The van der Waals surface area contributed by atoms with Gasteiger partial charge in [-0.1, -0.05) is 106 Å². The van der Waals surface area contributed by atoms with Gasteiger partial charge in [0.2, 0.25) is 5.91 Å². The van der Waals surface area contributed by atoms with Crippen LogP contribution in [0.3, 0.4) is 0 Å². The van der Waals surface area contributed by atoms with E-state index >= 15 is 0 Å². The number of amidine groups is 1. The normalized spacial score (nSPS) is 17.9. The predicted molar refractivity (Wildman–Crippen MR) is 206 cm³/mol. The molecule has 0 saturated carbocycles. The molecular weight excluding hydrogens is 585 g/mol. The van der Waals surface area contributed by atoms with Crippen molar-refractivity contribution in [3.63, 3.8) is 0 Å². The van der Waals surface area contributed by atoms with E-state index in [1.54, 1.807) is 12.3 Å². The monoisotopic (exact) mass is 644 g/mol. The fourth-order valence-electron chi connectivity index (χ4n) is 5.03. The summed E-state index contributed by atoms with van der Waals surface area (Å²) in [6.07, 6.45) is 28.7. The lowest BCUT2D eigenvalue weighted by molar-refractivity contribution is -0.119. The van der Waals surface area contributed by atoms with E-state index in [0.29, 0.717) is 13.0 Å². The van der Waals surface area contributed by atoms with E-state index in [-0.39, 0.29) is 11.8 Å². The van der Waals surface area contributed by atoms with Crippen molar-refractivity contribution in [3.05, 3.63) is 113 Å². The number of anilines is 1. The highest BCUT2D eigenvalue weighted by molar-refractivity contribution is 8.00. The average Bonchev–Trinajstić information content (AvgIpc) is 3.05. The summed E-state index contributed by atoms with van der Waals surface area (Å²) in [6, 6.07) is 6.52. The van der Waals surface area contributed by atoms with Gasteiger partial charge in [0.15, 0.2) is 0 Å². The number of nitrogens with zero attached hydrogens (tertiary/aromatic N) is 3. The van der Waals surface area contributed by atoms with E-state index in [0.717, 1.165) is 49.2 Å². The van der Waals surface area contributed by atoms with E-state index in [2.05, 4.69) is 74.0 Å². The van der Waals surface area contributed by atoms with Crippen molar-refractivity contribution in [3.8, 4) is 0 Å². The number of benzene rings is 1. The number of carbonyl (C=O) groups excluding carboxylic acids is 1. The Kier molecular flexibility index (Phi) is 21.1. The second kappa shape index (κ2) is 23.9. The minimum atomic E-state index is 0.106. The standard InChI is InChI=1S/C28H39N3O.C10H15NS.C2H6/c1-7-12-24(13-8-2)22(3)20-28(32)31(19-11-18-29-23(4)30(5)6)27-17-16-25-14-9-10-15-26(25)21-27;1-2-9-5-3-4-6-10(12-11)8-7-9;1-2/h7-8,11-13,16-18,21-22H,1,9-10,14-15,19-20H2,2-6H3;3,5-7H,2,4,8,11H2,1H3;1-2H3/b13-8-,18-11+,24-12+,29-23?;5-3?,9-7-,10-6+;. The van der Waals surface area contributed by atoms with Crippen LogP contribution in [0.25, 0.3) is 0 Å². The van der Waals surface area contributed by atoms with Gasteiger partial charge in [-0.15, -0.1) is 0 Å². The number of hydrogen-bond acceptors (Lipinski definition) is 4. The van der Waals surface area contributed by atoms with Gasteiger partial charge < -0.3 is 9.80 Å². The molecule has 2 N–H and O–H groups in total. The van der Waals surface area contributed by atoms with Gasteiger partial charge in [0, 0.05) is 43.9 Å². The number of aryl methyl sites for hydroxylation is 2. The molecule has 252 valence electrons. The minimum absolute atomic E-state index is 0.106. The van der Waals surface area contributed by atoms with Crippen molar-refractivity contribution in [2.45, 2.75) is 92.9 Å². The second-order valence-electron chi connectivity index (χ2n) is 11.4. The Bertz CT molecular complexity index is 1300. The van der Waals surface area contributed by atoms with Crippen LogP contribution in [0.15, 0.2) is 107 Å². The third kappa shape index (κ3) is 14.8. The van der Waals surface area contributed by atoms with Crippen LogP contribution in [0.4, 0.5) is 5.69 Å². The zero-order chi connectivity index (χ0) is 34.3. The molecule has 0 bridgehead atoms. The highest BCUT2D eigenvalue weighted by Gasteiger charge is 2.20. The van der Waals surface area contributed by atoms with Gasteiger partial charge in [-0.2, -0.15) is 0 Å². The number of carbonyl (C=O) groups is 1. The molecule has 46 heavy (non-hydrogen) atoms. The number of fused-ring (bicyclic) bond motifs is 1. The van der Waals surface area contributed by atoms with E-state index in [1.165, 1.54) is 46.4 Å². The quantitative estimate of drug-likeness (QED) is 0.113. The Balaban J connectivity index is 0.000000629. The summed E-state index contributed by atoms with van der Waals surface area (Å²) in [5.41, 5.74) is 6.30. The summed E-state index contributed by atoms with van der Waals surface area (Å²) in [6.45, 7) is 16.5. The molecule has 0 aliphatic heterocycles. The smallest absolute Gasteiger partial charge is 0.227 e. The highest BCUT2D eigenvalue weighted by Crippen LogP contribution is 2.28. The Morgan fingerprint density at radius 1 is 1.15 bits per heavy atom. The van der Waals surface area contributed by atoms with Crippen LogP contribution in [-0.2, 0) is 17.6 Å². The van der Waals surface area contributed by atoms with Crippen LogP contribution in [0, 0.1) is 5.92 Å². The van der Waals surface area contributed by atoms with E-state index in [1.807, 2.05) is 69.8 Å². The third-order valence-corrected chi connectivity index (χ3v) is 8.54. The zero-order valence-electron chi connectivity index (χ0n) is 29.9. The lowest BCUT2D eigenvalue weighted by atomic mass is 9.91. The van der Waals surface area contributed by atoms with E-state index in [4.69, 9.17) is 5.14 Å². The molecule has 0 heterocycles. The topological polar surface area (TPSA) is 61.9 Å². The minimum Gasteiger partial charge on any atom is -0.366 e. The molecule has 3 rings (SSSR count). The maximum absolute atomic E-state index is 13.4. The summed E-state index contributed by atoms with van der Waals surface area (Å²) in [5.74, 6) is 1.15. The second-order valence-corrected chi connectivity index (χ2v) is 12.2. The molecule has 2 aliphatic carbocycles. The van der Waals surface area contributed by atoms with E-state index in [9.17, 15) is 4.79 Å². The van der Waals surface area contributed by atoms with Crippen molar-refractivity contribution in [2.24, 2.45) is 16.0 Å². The summed E-state index contributed by atoms with van der Waals surface area (Å²) in [5, 5.41) is 5.51. The first kappa shape index (κ1) is 40.7. The number of hydrogen-bond donors (Lipinski definition) is 1. The van der Waals surface area contributed by atoms with E-state index < -0.39 is 0 Å². The fraction of sp³-hybridized carbons (Fsp3) is 0.450. The molecule has 2 aliphatic rings. The summed E-state index contributed by atoms with van der Waals surface area (Å²) in [4.78, 5) is 23.0. The SMILES string of the molecule is C=C/C=C(\C=C/C)C(C)CC(=O)N(C/C=C/N=C(C)N(C)C)c1ccc2c(c1)CCCC2.CC.CC/C1=C/C/C(SN)=C\CC=C1. The Morgan fingerprint density at radius 3 is 2.50 bits per heavy atom. The summed E-state index contributed by atoms with van der Waals surface area (Å²) >= 11 is 1.36. The average molecular weight is 645 g/mol. The van der Waals surface area contributed by atoms with Gasteiger partial charge in [0.05, 0.1) is 0 Å². The number of rotatable bonds is 11. The zero-order valence-corrected chi connectivity index (χ0v) is 30.7. The van der Waals surface area contributed by atoms with Crippen LogP contribution in [0.2, 0.25) is 0 Å². The van der Waals surface area contributed by atoms with Gasteiger partial charge in [-0.05, 0) is 99.6 Å². The van der Waals surface area contributed by atoms with Crippen molar-refractivity contribution in [1.82, 2.24) is 4.90 Å². The van der Waals surface area contributed by atoms with Gasteiger partial charge in [0.1, 0.15) is 5.84 Å². The molecule has 0 saturated heterocycles. The first-order valence-corrected chi connectivity index (χ1v) is 17.8. The number of nitrogens with two attached hydrogens (primary N) is 1. The lowest BCUT2D eigenvalue weighted by Gasteiger charge is -2.26. The Labute approximate surface area is 285 Å². The first-order valence-electron chi connectivity index (χ1n) is 16.9. The van der Waals surface area contributed by atoms with Crippen LogP contribution in [0.1, 0.15) is 91.2 Å². The van der Waals surface area contributed by atoms with Gasteiger partial charge in [0.25, 0.3) is 0 Å². The molecule has 5 nitrogen and oxygen atoms in total. The summed E-state index contributed by atoms with van der Waals surface area (Å²) < 4.78 is 0. The molecule has 1 aromatic rings. The number of aliphatic imine (C=N–C) groups is 1. The summed E-state index contributed by atoms with van der Waals surface area (Å²) in [7, 11) is 3.94. The largest absolute Gasteiger partial charge is 0.366 e. The molecule has 0 fully saturated rings. The van der Waals surface area contributed by atoms with Gasteiger partial charge >= 0.3 is 0 Å². The molecule has 1 unspecified atom stereocenters. The van der Waals surface area contributed by atoms with Crippen LogP contribution in [-0.4, -0.2) is 37.3 Å². The third-order valence-electron chi connectivity index (χ3n) is 7.90. The molecular formula is C40H60N4OS. The Hall–Kier alpha value is -3.35. The van der Waals surface area contributed by atoms with Gasteiger partial charge in [-0.25, -0.2) is 4.99 Å².